The maximum absolute atomic E-state index is 12.0. The van der Waals surface area contributed by atoms with Crippen molar-refractivity contribution in [2.24, 2.45) is 0 Å². The van der Waals surface area contributed by atoms with Gasteiger partial charge in [0.15, 0.2) is 0 Å². The van der Waals surface area contributed by atoms with Gasteiger partial charge in [-0.15, -0.1) is 0 Å². The lowest BCUT2D eigenvalue weighted by atomic mass is 10.2. The Hall–Kier alpha value is -1.07. The average molecular weight is 363 g/mol. The van der Waals surface area contributed by atoms with Crippen molar-refractivity contribution >= 4 is 39.4 Å². The molecule has 0 aliphatic heterocycles. The number of amides is 1. The summed E-state index contributed by atoms with van der Waals surface area (Å²) in [5, 5.41) is 3.10. The Morgan fingerprint density at radius 2 is 1.95 bits per heavy atom. The van der Waals surface area contributed by atoms with Crippen LogP contribution >= 0.6 is 27.5 Å². The van der Waals surface area contributed by atoms with E-state index in [2.05, 4.69) is 21.2 Å². The number of hydrogen-bond donors (Lipinski definition) is 1. The number of benzene rings is 1. The number of carbonyl (C=O) groups excluding carboxylic acids is 2. The highest BCUT2D eigenvalue weighted by Crippen LogP contribution is 2.23. The topological polar surface area (TPSA) is 55.4 Å². The molecule has 1 atom stereocenters. The van der Waals surface area contributed by atoms with Gasteiger partial charge in [0, 0.05) is 10.0 Å². The van der Waals surface area contributed by atoms with Gasteiger partial charge in [0.25, 0.3) is 5.91 Å². The van der Waals surface area contributed by atoms with E-state index in [4.69, 9.17) is 16.3 Å². The zero-order valence-electron chi connectivity index (χ0n) is 11.8. The van der Waals surface area contributed by atoms with Crippen LogP contribution < -0.4 is 5.32 Å². The van der Waals surface area contributed by atoms with E-state index in [1.807, 2.05) is 0 Å². The second kappa shape index (κ2) is 6.59. The molecule has 0 saturated carbocycles. The highest BCUT2D eigenvalue weighted by Gasteiger charge is 2.23. The summed E-state index contributed by atoms with van der Waals surface area (Å²) >= 11 is 9.11. The Kier molecular flexibility index (Phi) is 5.59. The van der Waals surface area contributed by atoms with Crippen LogP contribution in [0, 0.1) is 0 Å². The Balaban J connectivity index is 2.70. The summed E-state index contributed by atoms with van der Waals surface area (Å²) in [6.45, 7) is 6.90. The van der Waals surface area contributed by atoms with E-state index in [0.717, 1.165) is 0 Å². The summed E-state index contributed by atoms with van der Waals surface area (Å²) in [4.78, 5) is 23.8. The van der Waals surface area contributed by atoms with E-state index in [1.54, 1.807) is 45.9 Å². The van der Waals surface area contributed by atoms with Gasteiger partial charge in [-0.3, -0.25) is 4.79 Å². The predicted octanol–water partition coefficient (Wildman–Crippen LogP) is 3.56. The lowest BCUT2D eigenvalue weighted by Crippen LogP contribution is -2.42. The number of ether oxygens (including phenoxy) is 1. The third-order valence-electron chi connectivity index (χ3n) is 2.29. The molecule has 4 nitrogen and oxygen atoms in total. The molecule has 0 saturated heterocycles. The SMILES string of the molecule is C[C@H](NC(=O)c1ccc(Cl)c(Br)c1)C(=O)OC(C)(C)C. The van der Waals surface area contributed by atoms with Gasteiger partial charge in [-0.05, 0) is 61.8 Å². The molecule has 0 unspecified atom stereocenters. The summed E-state index contributed by atoms with van der Waals surface area (Å²) in [6.07, 6.45) is 0. The number of rotatable bonds is 3. The van der Waals surface area contributed by atoms with Gasteiger partial charge >= 0.3 is 5.97 Å². The predicted molar refractivity (Wildman–Crippen MR) is 81.9 cm³/mol. The molecule has 0 aromatic heterocycles. The maximum Gasteiger partial charge on any atom is 0.328 e. The van der Waals surface area contributed by atoms with E-state index in [-0.39, 0.29) is 5.91 Å². The molecule has 0 aliphatic carbocycles. The van der Waals surface area contributed by atoms with E-state index in [9.17, 15) is 9.59 Å². The van der Waals surface area contributed by atoms with Gasteiger partial charge in [0.05, 0.1) is 5.02 Å². The van der Waals surface area contributed by atoms with Crippen LogP contribution in [-0.4, -0.2) is 23.5 Å². The van der Waals surface area contributed by atoms with Crippen LogP contribution in [0.4, 0.5) is 0 Å². The summed E-state index contributed by atoms with van der Waals surface area (Å²) in [5.74, 6) is -0.834. The number of hydrogen-bond acceptors (Lipinski definition) is 3. The van der Waals surface area contributed by atoms with Gasteiger partial charge in [-0.25, -0.2) is 4.79 Å². The van der Waals surface area contributed by atoms with Crippen LogP contribution in [0.1, 0.15) is 38.1 Å². The molecule has 6 heteroatoms. The molecule has 1 rings (SSSR count). The first-order chi connectivity index (χ1) is 9.10. The van der Waals surface area contributed by atoms with Gasteiger partial charge in [-0.2, -0.15) is 0 Å². The number of nitrogens with one attached hydrogen (secondary N) is 1. The molecule has 110 valence electrons. The van der Waals surface area contributed by atoms with Crippen LogP contribution in [0.25, 0.3) is 0 Å². The molecule has 0 aliphatic rings. The van der Waals surface area contributed by atoms with E-state index < -0.39 is 17.6 Å². The van der Waals surface area contributed by atoms with Gasteiger partial charge in [0.1, 0.15) is 11.6 Å². The van der Waals surface area contributed by atoms with Crippen molar-refractivity contribution in [2.75, 3.05) is 0 Å². The number of carbonyl (C=O) groups is 2. The molecular weight excluding hydrogens is 346 g/mol. The lowest BCUT2D eigenvalue weighted by molar-refractivity contribution is -0.156. The number of halogens is 2. The molecule has 0 heterocycles. The van der Waals surface area contributed by atoms with Gasteiger partial charge in [-0.1, -0.05) is 11.6 Å². The Labute approximate surface area is 132 Å². The van der Waals surface area contributed by atoms with Crippen LogP contribution in [-0.2, 0) is 9.53 Å². The van der Waals surface area contributed by atoms with E-state index in [1.165, 1.54) is 0 Å². The minimum Gasteiger partial charge on any atom is -0.458 e. The Morgan fingerprint density at radius 1 is 1.35 bits per heavy atom. The molecular formula is C14H17BrClNO3. The van der Waals surface area contributed by atoms with Crippen molar-refractivity contribution in [1.82, 2.24) is 5.32 Å². The smallest absolute Gasteiger partial charge is 0.328 e. The lowest BCUT2D eigenvalue weighted by Gasteiger charge is -2.22. The zero-order valence-corrected chi connectivity index (χ0v) is 14.1. The molecule has 0 bridgehead atoms. The third kappa shape index (κ3) is 5.13. The summed E-state index contributed by atoms with van der Waals surface area (Å²) < 4.78 is 5.82. The molecule has 0 radical (unpaired) electrons. The fourth-order valence-electron chi connectivity index (χ4n) is 1.37. The van der Waals surface area contributed by atoms with Crippen molar-refractivity contribution < 1.29 is 14.3 Å². The van der Waals surface area contributed by atoms with E-state index in [0.29, 0.717) is 15.1 Å². The highest BCUT2D eigenvalue weighted by atomic mass is 79.9. The maximum atomic E-state index is 12.0. The molecule has 0 fully saturated rings. The molecule has 1 aromatic carbocycles. The largest absolute Gasteiger partial charge is 0.458 e. The Morgan fingerprint density at radius 3 is 2.45 bits per heavy atom. The van der Waals surface area contributed by atoms with Crippen LogP contribution in [0.15, 0.2) is 22.7 Å². The van der Waals surface area contributed by atoms with Gasteiger partial charge < -0.3 is 10.1 Å². The van der Waals surface area contributed by atoms with Crippen LogP contribution in [0.5, 0.6) is 0 Å². The monoisotopic (exact) mass is 361 g/mol. The van der Waals surface area contributed by atoms with Gasteiger partial charge in [0.2, 0.25) is 0 Å². The quantitative estimate of drug-likeness (QED) is 0.836. The van der Waals surface area contributed by atoms with Crippen LogP contribution in [0.2, 0.25) is 5.02 Å². The molecule has 1 N–H and O–H groups in total. The second-order valence-electron chi connectivity index (χ2n) is 5.36. The number of esters is 1. The third-order valence-corrected chi connectivity index (χ3v) is 3.50. The van der Waals surface area contributed by atoms with Crippen molar-refractivity contribution in [3.8, 4) is 0 Å². The average Bonchev–Trinajstić information content (AvgIpc) is 2.30. The molecule has 1 aromatic rings. The summed E-state index contributed by atoms with van der Waals surface area (Å²) in [5.41, 5.74) is -0.170. The Bertz CT molecular complexity index is 526. The zero-order chi connectivity index (χ0) is 15.5. The summed E-state index contributed by atoms with van der Waals surface area (Å²) in [7, 11) is 0. The fraction of sp³-hybridized carbons (Fsp3) is 0.429. The molecule has 1 amide bonds. The minimum atomic E-state index is -0.726. The fourth-order valence-corrected chi connectivity index (χ4v) is 1.86. The van der Waals surface area contributed by atoms with E-state index >= 15 is 0 Å². The summed E-state index contributed by atoms with van der Waals surface area (Å²) in [6, 6.07) is 4.07. The first kappa shape index (κ1) is 17.0. The molecule has 0 spiro atoms. The van der Waals surface area contributed by atoms with Crippen molar-refractivity contribution in [2.45, 2.75) is 39.3 Å². The normalized spacial score (nSPS) is 12.7. The highest BCUT2D eigenvalue weighted by molar-refractivity contribution is 9.10. The minimum absolute atomic E-state index is 0.360. The molecule has 20 heavy (non-hydrogen) atoms. The van der Waals surface area contributed by atoms with Crippen LogP contribution in [0.3, 0.4) is 0 Å². The van der Waals surface area contributed by atoms with Crippen molar-refractivity contribution in [1.29, 1.82) is 0 Å². The van der Waals surface area contributed by atoms with Crippen molar-refractivity contribution in [3.63, 3.8) is 0 Å². The first-order valence-corrected chi connectivity index (χ1v) is 7.26. The first-order valence-electron chi connectivity index (χ1n) is 6.09. The standard InChI is InChI=1S/C14H17BrClNO3/c1-8(13(19)20-14(2,3)4)17-12(18)9-5-6-11(16)10(15)7-9/h5-8H,1-4H3,(H,17,18)/t8-/m0/s1. The van der Waals surface area contributed by atoms with Crippen molar-refractivity contribution in [3.05, 3.63) is 33.3 Å². The second-order valence-corrected chi connectivity index (χ2v) is 6.62.